The summed E-state index contributed by atoms with van der Waals surface area (Å²) in [5, 5.41) is 14.3. The Morgan fingerprint density at radius 1 is 1.00 bits per heavy atom. The van der Waals surface area contributed by atoms with Gasteiger partial charge in [0.2, 0.25) is 10.0 Å². The second-order valence-corrected chi connectivity index (χ2v) is 9.58. The quantitative estimate of drug-likeness (QED) is 0.711. The van der Waals surface area contributed by atoms with Crippen molar-refractivity contribution in [2.75, 3.05) is 62.3 Å². The number of halogens is 1. The van der Waals surface area contributed by atoms with Gasteiger partial charge in [-0.2, -0.15) is 5.26 Å². The van der Waals surface area contributed by atoms with Gasteiger partial charge in [-0.25, -0.2) is 17.9 Å². The summed E-state index contributed by atoms with van der Waals surface area (Å²) in [4.78, 5) is 6.20. The SMILES string of the molecule is C=C(c1cc(S(N)(=O)=O)ccc1N1CCOCC1)N1CCN(c2ccc(C#N)cc2F)CC1. The molecule has 2 aliphatic rings. The average Bonchev–Trinajstić information content (AvgIpc) is 2.83. The van der Waals surface area contributed by atoms with Crippen LogP contribution in [0.3, 0.4) is 0 Å². The minimum absolute atomic E-state index is 0.0361. The minimum Gasteiger partial charge on any atom is -0.378 e. The van der Waals surface area contributed by atoms with Gasteiger partial charge in [-0.3, -0.25) is 0 Å². The molecule has 4 rings (SSSR count). The third-order valence-electron chi connectivity index (χ3n) is 6.04. The number of anilines is 2. The Bertz CT molecular complexity index is 1200. The zero-order valence-electron chi connectivity index (χ0n) is 18.2. The molecule has 33 heavy (non-hydrogen) atoms. The van der Waals surface area contributed by atoms with Crippen molar-refractivity contribution in [1.29, 1.82) is 5.26 Å². The van der Waals surface area contributed by atoms with Crippen LogP contribution in [0.5, 0.6) is 0 Å². The van der Waals surface area contributed by atoms with Crippen LogP contribution in [0.25, 0.3) is 5.70 Å². The third kappa shape index (κ3) is 4.95. The van der Waals surface area contributed by atoms with E-state index >= 15 is 0 Å². The lowest BCUT2D eigenvalue weighted by Crippen LogP contribution is -2.46. The van der Waals surface area contributed by atoms with Crippen molar-refractivity contribution in [2.45, 2.75) is 4.90 Å². The van der Waals surface area contributed by atoms with Gasteiger partial charge in [0.05, 0.1) is 35.4 Å². The standard InChI is InChI=1S/C23H26FN5O3S/c1-17(27-6-8-28(9-7-27)23-4-2-18(16-25)14-21(23)24)20-15-19(33(26,30)31)3-5-22(20)29-10-12-32-13-11-29/h2-5,14-15H,1,6-13H2,(H2,26,30,31). The van der Waals surface area contributed by atoms with E-state index in [-0.39, 0.29) is 10.5 Å². The fraction of sp³-hybridized carbons (Fsp3) is 0.348. The number of hydrogen-bond donors (Lipinski definition) is 1. The van der Waals surface area contributed by atoms with Crippen LogP contribution in [0.1, 0.15) is 11.1 Å². The van der Waals surface area contributed by atoms with Crippen LogP contribution in [-0.4, -0.2) is 65.8 Å². The summed E-state index contributed by atoms with van der Waals surface area (Å²) in [5.41, 5.74) is 3.04. The fourth-order valence-corrected chi connectivity index (χ4v) is 4.76. The predicted molar refractivity (Wildman–Crippen MR) is 125 cm³/mol. The molecule has 10 heteroatoms. The summed E-state index contributed by atoms with van der Waals surface area (Å²) in [6.07, 6.45) is 0. The van der Waals surface area contributed by atoms with Gasteiger partial charge in [-0.05, 0) is 36.4 Å². The summed E-state index contributed by atoms with van der Waals surface area (Å²) in [5.74, 6) is -0.420. The van der Waals surface area contributed by atoms with Gasteiger partial charge < -0.3 is 19.4 Å². The molecule has 0 aromatic heterocycles. The van der Waals surface area contributed by atoms with Crippen LogP contribution in [0, 0.1) is 17.1 Å². The lowest BCUT2D eigenvalue weighted by molar-refractivity contribution is 0.122. The highest BCUT2D eigenvalue weighted by molar-refractivity contribution is 7.89. The first kappa shape index (κ1) is 23.0. The number of morpholine rings is 1. The van der Waals surface area contributed by atoms with Gasteiger partial charge in [0.25, 0.3) is 0 Å². The molecule has 0 amide bonds. The van der Waals surface area contributed by atoms with Crippen molar-refractivity contribution in [3.63, 3.8) is 0 Å². The van der Waals surface area contributed by atoms with Crippen LogP contribution in [0.4, 0.5) is 15.8 Å². The maximum atomic E-state index is 14.4. The number of rotatable bonds is 5. The molecule has 0 radical (unpaired) electrons. The lowest BCUT2D eigenvalue weighted by Gasteiger charge is -2.39. The zero-order valence-corrected chi connectivity index (χ0v) is 19.0. The highest BCUT2D eigenvalue weighted by Crippen LogP contribution is 2.32. The van der Waals surface area contributed by atoms with E-state index in [0.717, 1.165) is 5.69 Å². The Hall–Kier alpha value is -3.13. The molecule has 0 aliphatic carbocycles. The van der Waals surface area contributed by atoms with E-state index in [1.807, 2.05) is 11.0 Å². The number of piperazine rings is 1. The smallest absolute Gasteiger partial charge is 0.238 e. The zero-order chi connectivity index (χ0) is 23.6. The molecule has 2 aliphatic heterocycles. The summed E-state index contributed by atoms with van der Waals surface area (Å²) >= 11 is 0. The molecule has 0 spiro atoms. The molecule has 2 N–H and O–H groups in total. The number of hydrogen-bond acceptors (Lipinski definition) is 7. The second-order valence-electron chi connectivity index (χ2n) is 8.02. The molecule has 0 unspecified atom stereocenters. The monoisotopic (exact) mass is 471 g/mol. The van der Waals surface area contributed by atoms with E-state index < -0.39 is 15.8 Å². The summed E-state index contributed by atoms with van der Waals surface area (Å²) < 4.78 is 43.9. The predicted octanol–water partition coefficient (Wildman–Crippen LogP) is 1.97. The van der Waals surface area contributed by atoms with Gasteiger partial charge in [-0.1, -0.05) is 6.58 Å². The minimum atomic E-state index is -3.87. The van der Waals surface area contributed by atoms with Crippen molar-refractivity contribution in [3.05, 3.63) is 59.9 Å². The summed E-state index contributed by atoms with van der Waals surface area (Å²) in [6, 6.07) is 11.3. The number of nitrogens with two attached hydrogens (primary N) is 1. The second kappa shape index (κ2) is 9.39. The van der Waals surface area contributed by atoms with E-state index in [1.165, 1.54) is 12.1 Å². The number of sulfonamides is 1. The number of nitriles is 1. The molecule has 2 aromatic rings. The molecular weight excluding hydrogens is 445 g/mol. The van der Waals surface area contributed by atoms with E-state index in [9.17, 15) is 12.8 Å². The van der Waals surface area contributed by atoms with Gasteiger partial charge >= 0.3 is 0 Å². The van der Waals surface area contributed by atoms with E-state index in [4.69, 9.17) is 15.1 Å². The Morgan fingerprint density at radius 3 is 2.24 bits per heavy atom. The van der Waals surface area contributed by atoms with Crippen LogP contribution >= 0.6 is 0 Å². The Labute approximate surface area is 193 Å². The van der Waals surface area contributed by atoms with Crippen LogP contribution in [-0.2, 0) is 14.8 Å². The molecular formula is C23H26FN5O3S. The molecule has 0 atom stereocenters. The number of benzene rings is 2. The van der Waals surface area contributed by atoms with Crippen LogP contribution in [0.2, 0.25) is 0 Å². The summed E-state index contributed by atoms with van der Waals surface area (Å²) in [6.45, 7) is 9.14. The number of ether oxygens (including phenoxy) is 1. The Kier molecular flexibility index (Phi) is 6.56. The molecule has 2 saturated heterocycles. The molecule has 174 valence electrons. The van der Waals surface area contributed by atoms with Gasteiger partial charge in [0.15, 0.2) is 0 Å². The molecule has 8 nitrogen and oxygen atoms in total. The third-order valence-corrected chi connectivity index (χ3v) is 6.95. The lowest BCUT2D eigenvalue weighted by atomic mass is 10.1. The van der Waals surface area contributed by atoms with E-state index in [1.54, 1.807) is 24.3 Å². The average molecular weight is 472 g/mol. The van der Waals surface area contributed by atoms with Crippen molar-refractivity contribution in [2.24, 2.45) is 5.14 Å². The molecule has 0 bridgehead atoms. The van der Waals surface area contributed by atoms with Gasteiger partial charge in [0, 0.05) is 56.2 Å². The van der Waals surface area contributed by atoms with Crippen LogP contribution < -0.4 is 14.9 Å². The van der Waals surface area contributed by atoms with Gasteiger partial charge in [-0.15, -0.1) is 0 Å². The highest BCUT2D eigenvalue weighted by atomic mass is 32.2. The first-order chi connectivity index (χ1) is 15.8. The number of nitrogens with zero attached hydrogens (tertiary/aromatic N) is 4. The Balaban J connectivity index is 1.56. The topological polar surface area (TPSA) is 103 Å². The molecule has 2 heterocycles. The summed E-state index contributed by atoms with van der Waals surface area (Å²) in [7, 11) is -3.87. The van der Waals surface area contributed by atoms with Gasteiger partial charge in [0.1, 0.15) is 5.82 Å². The normalized spacial score (nSPS) is 17.1. The Morgan fingerprint density at radius 2 is 1.64 bits per heavy atom. The van der Waals surface area contributed by atoms with E-state index in [0.29, 0.717) is 69.4 Å². The number of primary sulfonamides is 1. The first-order valence-electron chi connectivity index (χ1n) is 10.7. The maximum absolute atomic E-state index is 14.4. The van der Waals surface area contributed by atoms with Crippen molar-refractivity contribution in [3.8, 4) is 6.07 Å². The maximum Gasteiger partial charge on any atom is 0.238 e. The highest BCUT2D eigenvalue weighted by Gasteiger charge is 2.25. The van der Waals surface area contributed by atoms with Crippen molar-refractivity contribution < 1.29 is 17.5 Å². The van der Waals surface area contributed by atoms with Crippen LogP contribution in [0.15, 0.2) is 47.9 Å². The van der Waals surface area contributed by atoms with E-state index in [2.05, 4.69) is 16.4 Å². The van der Waals surface area contributed by atoms with Crippen molar-refractivity contribution in [1.82, 2.24) is 4.90 Å². The van der Waals surface area contributed by atoms with Crippen molar-refractivity contribution >= 4 is 27.1 Å². The first-order valence-corrected chi connectivity index (χ1v) is 12.2. The molecule has 2 aromatic carbocycles. The fourth-order valence-electron chi connectivity index (χ4n) is 4.22. The molecule has 2 fully saturated rings. The largest absolute Gasteiger partial charge is 0.378 e. The molecule has 0 saturated carbocycles.